The van der Waals surface area contributed by atoms with Crippen molar-refractivity contribution >= 4 is 0 Å². The summed E-state index contributed by atoms with van der Waals surface area (Å²) in [4.78, 5) is 0. The summed E-state index contributed by atoms with van der Waals surface area (Å²) in [5.41, 5.74) is 0. The quantitative estimate of drug-likeness (QED) is 0.550. The summed E-state index contributed by atoms with van der Waals surface area (Å²) in [6, 6.07) is 0. The molecule has 0 aliphatic carbocycles. The minimum absolute atomic E-state index is 0.139. The highest BCUT2D eigenvalue weighted by Gasteiger charge is 2.41. The van der Waals surface area contributed by atoms with Gasteiger partial charge in [-0.3, -0.25) is 0 Å². The Morgan fingerprint density at radius 3 is 1.36 bits per heavy atom. The molecule has 0 aromatic rings. The van der Waals surface area contributed by atoms with E-state index in [0.29, 0.717) is 0 Å². The first-order valence-corrected chi connectivity index (χ1v) is 3.44. The fourth-order valence-electron chi connectivity index (χ4n) is 0.521. The van der Waals surface area contributed by atoms with Crippen LogP contribution in [-0.4, -0.2) is 6.29 Å². The van der Waals surface area contributed by atoms with Gasteiger partial charge in [-0.05, 0) is 13.8 Å². The molecule has 0 aromatic carbocycles. The number of hydrogen-bond acceptors (Lipinski definition) is 2. The topological polar surface area (TPSA) is 18.5 Å². The van der Waals surface area contributed by atoms with Crippen LogP contribution in [0.25, 0.3) is 0 Å². The summed E-state index contributed by atoms with van der Waals surface area (Å²) < 4.78 is 31.9. The molecule has 0 amide bonds. The highest BCUT2D eigenvalue weighted by Crippen LogP contribution is 2.32. The van der Waals surface area contributed by atoms with E-state index in [9.17, 15) is 8.78 Å². The van der Waals surface area contributed by atoms with Crippen molar-refractivity contribution < 1.29 is 18.3 Å². The Balaban J connectivity index is 0.000000461. The Kier molecular flexibility index (Phi) is 3.29. The van der Waals surface area contributed by atoms with E-state index in [1.54, 1.807) is 0 Å². The van der Waals surface area contributed by atoms with Crippen molar-refractivity contribution in [3.8, 4) is 0 Å². The predicted molar refractivity (Wildman–Crippen MR) is 36.8 cm³/mol. The van der Waals surface area contributed by atoms with Crippen molar-refractivity contribution in [2.75, 3.05) is 0 Å². The third kappa shape index (κ3) is 2.74. The predicted octanol–water partition coefficient (Wildman–Crippen LogP) is 2.86. The van der Waals surface area contributed by atoms with Gasteiger partial charge in [0.05, 0.1) is 0 Å². The summed E-state index contributed by atoms with van der Waals surface area (Å²) in [6.45, 7) is 6.85. The molecule has 2 nitrogen and oxygen atoms in total. The molecule has 1 aliphatic heterocycles. The second kappa shape index (κ2) is 3.55. The summed E-state index contributed by atoms with van der Waals surface area (Å²) in [5, 5.41) is 0. The maximum Gasteiger partial charge on any atom is 0.585 e. The molecule has 0 bridgehead atoms. The lowest BCUT2D eigenvalue weighted by molar-refractivity contribution is -0.337. The van der Waals surface area contributed by atoms with E-state index in [0.717, 1.165) is 0 Å². The zero-order valence-corrected chi connectivity index (χ0v) is 7.07. The van der Waals surface area contributed by atoms with Crippen LogP contribution in [0.2, 0.25) is 0 Å². The summed E-state index contributed by atoms with van der Waals surface area (Å²) in [7, 11) is 0. The van der Waals surface area contributed by atoms with Gasteiger partial charge < -0.3 is 9.47 Å². The molecule has 11 heavy (non-hydrogen) atoms. The van der Waals surface area contributed by atoms with Crippen molar-refractivity contribution in [1.82, 2.24) is 0 Å². The van der Waals surface area contributed by atoms with Gasteiger partial charge in [0.15, 0.2) is 0 Å². The van der Waals surface area contributed by atoms with E-state index in [1.165, 1.54) is 13.8 Å². The number of allylic oxidation sites excluding steroid dienone is 2. The minimum Gasteiger partial charge on any atom is -0.401 e. The number of alkyl halides is 2. The molecule has 4 heteroatoms. The van der Waals surface area contributed by atoms with Crippen LogP contribution in [0.1, 0.15) is 27.7 Å². The summed E-state index contributed by atoms with van der Waals surface area (Å²) in [6.07, 6.45) is -3.44. The SMILES string of the molecule is CC.CC1=C(C)OC(F)(F)O1. The normalized spacial score (nSPS) is 19.8. The maximum atomic E-state index is 12.0. The lowest BCUT2D eigenvalue weighted by atomic mass is 10.5. The molecule has 0 atom stereocenters. The van der Waals surface area contributed by atoms with Crippen LogP contribution in [0.15, 0.2) is 11.5 Å². The summed E-state index contributed by atoms with van der Waals surface area (Å²) in [5.74, 6) is 0.278. The van der Waals surface area contributed by atoms with Gasteiger partial charge in [-0.15, -0.1) is 8.78 Å². The zero-order valence-electron chi connectivity index (χ0n) is 7.07. The summed E-state index contributed by atoms with van der Waals surface area (Å²) >= 11 is 0. The van der Waals surface area contributed by atoms with E-state index in [-0.39, 0.29) is 11.5 Å². The molecule has 0 saturated carbocycles. The molecule has 0 N–H and O–H groups in total. The van der Waals surface area contributed by atoms with Gasteiger partial charge in [-0.1, -0.05) is 13.8 Å². The smallest absolute Gasteiger partial charge is 0.401 e. The molecule has 0 aromatic heterocycles. The molecule has 1 rings (SSSR count). The van der Waals surface area contributed by atoms with Crippen molar-refractivity contribution in [3.63, 3.8) is 0 Å². The number of ether oxygens (including phenoxy) is 2. The van der Waals surface area contributed by atoms with Gasteiger partial charge >= 0.3 is 6.29 Å². The van der Waals surface area contributed by atoms with Crippen molar-refractivity contribution in [2.24, 2.45) is 0 Å². The van der Waals surface area contributed by atoms with E-state index in [2.05, 4.69) is 9.47 Å². The van der Waals surface area contributed by atoms with Crippen LogP contribution in [0.3, 0.4) is 0 Å². The molecule has 1 aliphatic rings. The number of rotatable bonds is 0. The van der Waals surface area contributed by atoms with E-state index < -0.39 is 6.29 Å². The average Bonchev–Trinajstić information content (AvgIpc) is 2.10. The zero-order chi connectivity index (χ0) is 9.07. The van der Waals surface area contributed by atoms with Gasteiger partial charge in [-0.25, -0.2) is 0 Å². The highest BCUT2D eigenvalue weighted by atomic mass is 19.3. The van der Waals surface area contributed by atoms with Crippen molar-refractivity contribution in [1.29, 1.82) is 0 Å². The van der Waals surface area contributed by atoms with Gasteiger partial charge in [0.25, 0.3) is 0 Å². The highest BCUT2D eigenvalue weighted by molar-refractivity contribution is 4.99. The first kappa shape index (κ1) is 10.2. The van der Waals surface area contributed by atoms with E-state index in [4.69, 9.17) is 0 Å². The van der Waals surface area contributed by atoms with Crippen molar-refractivity contribution in [3.05, 3.63) is 11.5 Å². The largest absolute Gasteiger partial charge is 0.585 e. The molecule has 0 saturated heterocycles. The average molecular weight is 166 g/mol. The molecule has 66 valence electrons. The van der Waals surface area contributed by atoms with Crippen molar-refractivity contribution in [2.45, 2.75) is 34.0 Å². The Hall–Kier alpha value is -0.800. The first-order chi connectivity index (χ1) is 5.01. The third-order valence-corrected chi connectivity index (χ3v) is 1.04. The van der Waals surface area contributed by atoms with Crippen LogP contribution < -0.4 is 0 Å². The second-order valence-corrected chi connectivity index (χ2v) is 1.78. The first-order valence-electron chi connectivity index (χ1n) is 3.44. The van der Waals surface area contributed by atoms with Crippen LogP contribution in [0, 0.1) is 0 Å². The Bertz CT molecular complexity index is 148. The number of hydrogen-bond donors (Lipinski definition) is 0. The van der Waals surface area contributed by atoms with Gasteiger partial charge in [0.1, 0.15) is 11.5 Å². The molecule has 0 radical (unpaired) electrons. The minimum atomic E-state index is -3.44. The third-order valence-electron chi connectivity index (χ3n) is 1.04. The van der Waals surface area contributed by atoms with E-state index in [1.807, 2.05) is 13.8 Å². The number of halogens is 2. The second-order valence-electron chi connectivity index (χ2n) is 1.78. The molecule has 1 heterocycles. The Morgan fingerprint density at radius 1 is 1.00 bits per heavy atom. The van der Waals surface area contributed by atoms with Gasteiger partial charge in [0, 0.05) is 0 Å². The van der Waals surface area contributed by atoms with Crippen LogP contribution >= 0.6 is 0 Å². The fraction of sp³-hybridized carbons (Fsp3) is 0.714. The van der Waals surface area contributed by atoms with Crippen LogP contribution in [-0.2, 0) is 9.47 Å². The lowest BCUT2D eigenvalue weighted by Crippen LogP contribution is -2.16. The lowest BCUT2D eigenvalue weighted by Gasteiger charge is -2.06. The molecule has 0 fully saturated rings. The van der Waals surface area contributed by atoms with Crippen LogP contribution in [0.4, 0.5) is 8.78 Å². The Morgan fingerprint density at radius 2 is 1.27 bits per heavy atom. The molecular formula is C7H12F2O2. The molecule has 0 unspecified atom stereocenters. The molecular weight excluding hydrogens is 154 g/mol. The standard InChI is InChI=1S/C5H6F2O2.C2H6/c1-3-4(2)9-5(6,7)8-3;1-2/h1-2H3;1-2H3. The maximum absolute atomic E-state index is 12.0. The van der Waals surface area contributed by atoms with Gasteiger partial charge in [0.2, 0.25) is 0 Å². The van der Waals surface area contributed by atoms with Crippen LogP contribution in [0.5, 0.6) is 0 Å². The monoisotopic (exact) mass is 166 g/mol. The van der Waals surface area contributed by atoms with E-state index >= 15 is 0 Å². The fourth-order valence-corrected chi connectivity index (χ4v) is 0.521. The van der Waals surface area contributed by atoms with Gasteiger partial charge in [-0.2, -0.15) is 0 Å². The Labute approximate surface area is 64.8 Å². The molecule has 0 spiro atoms.